The predicted octanol–water partition coefficient (Wildman–Crippen LogP) is 2.92. The number of amides is 1. The van der Waals surface area contributed by atoms with Crippen molar-refractivity contribution in [1.29, 1.82) is 0 Å². The van der Waals surface area contributed by atoms with Gasteiger partial charge in [-0.05, 0) is 48.6 Å². The zero-order valence-electron chi connectivity index (χ0n) is 16.3. The number of fused-ring (bicyclic) bond motifs is 1. The molecule has 2 N–H and O–H groups in total. The number of likely N-dealkylation sites (tertiary alicyclic amines) is 1. The zero-order valence-corrected chi connectivity index (χ0v) is 17.8. The number of carbonyl (C=O) groups is 1. The molecule has 29 heavy (non-hydrogen) atoms. The molecule has 2 aromatic carbocycles. The molecular formula is C21H24ClN3O3S. The average Bonchev–Trinajstić information content (AvgIpc) is 2.98. The summed E-state index contributed by atoms with van der Waals surface area (Å²) < 4.78 is 23.4. The Morgan fingerprint density at radius 2 is 1.86 bits per heavy atom. The third kappa shape index (κ3) is 4.05. The van der Waals surface area contributed by atoms with E-state index in [1.807, 2.05) is 4.90 Å². The predicted molar refractivity (Wildman–Crippen MR) is 112 cm³/mol. The fourth-order valence-corrected chi connectivity index (χ4v) is 5.39. The van der Waals surface area contributed by atoms with Crippen molar-refractivity contribution in [3.8, 4) is 0 Å². The molecule has 0 bridgehead atoms. The summed E-state index contributed by atoms with van der Waals surface area (Å²) in [4.78, 5) is 17.0. The van der Waals surface area contributed by atoms with Crippen LogP contribution in [0.15, 0.2) is 41.3 Å². The third-order valence-corrected chi connectivity index (χ3v) is 7.32. The molecule has 2 aliphatic rings. The number of primary sulfonamides is 1. The van der Waals surface area contributed by atoms with Gasteiger partial charge in [-0.25, -0.2) is 13.6 Å². The highest BCUT2D eigenvalue weighted by Crippen LogP contribution is 2.33. The van der Waals surface area contributed by atoms with Gasteiger partial charge in [0.15, 0.2) is 0 Å². The van der Waals surface area contributed by atoms with E-state index in [4.69, 9.17) is 16.7 Å². The van der Waals surface area contributed by atoms with Crippen LogP contribution in [0.4, 0.5) is 0 Å². The highest BCUT2D eigenvalue weighted by Gasteiger charge is 2.36. The number of hydrogen-bond acceptors (Lipinski definition) is 4. The molecule has 0 spiro atoms. The van der Waals surface area contributed by atoms with Gasteiger partial charge in [0.2, 0.25) is 10.0 Å². The van der Waals surface area contributed by atoms with E-state index in [0.29, 0.717) is 12.1 Å². The molecule has 2 heterocycles. The lowest BCUT2D eigenvalue weighted by molar-refractivity contribution is 0.0590. The number of sulfonamides is 1. The quantitative estimate of drug-likeness (QED) is 0.803. The van der Waals surface area contributed by atoms with E-state index in [1.54, 1.807) is 6.07 Å². The van der Waals surface area contributed by atoms with Crippen LogP contribution in [0, 0.1) is 6.92 Å². The maximum Gasteiger partial charge on any atom is 0.254 e. The summed E-state index contributed by atoms with van der Waals surface area (Å²) in [5.41, 5.74) is 3.78. The minimum absolute atomic E-state index is 0.0638. The minimum Gasteiger partial charge on any atom is -0.331 e. The SMILES string of the molecule is Cc1ccccc1CN1CCC(N2Cc3cc(Cl)c(S(N)(=O)=O)cc3C2=O)CC1. The van der Waals surface area contributed by atoms with E-state index >= 15 is 0 Å². The summed E-state index contributed by atoms with van der Waals surface area (Å²) in [5.74, 6) is -0.140. The second kappa shape index (κ2) is 7.72. The van der Waals surface area contributed by atoms with Crippen molar-refractivity contribution < 1.29 is 13.2 Å². The van der Waals surface area contributed by atoms with Gasteiger partial charge in [0.25, 0.3) is 5.91 Å². The molecule has 1 saturated heterocycles. The number of nitrogens with zero attached hydrogens (tertiary/aromatic N) is 2. The van der Waals surface area contributed by atoms with Gasteiger partial charge in [-0.15, -0.1) is 0 Å². The summed E-state index contributed by atoms with van der Waals surface area (Å²) in [7, 11) is -3.97. The number of halogens is 1. The molecule has 1 amide bonds. The van der Waals surface area contributed by atoms with E-state index in [0.717, 1.165) is 38.0 Å². The Bertz CT molecular complexity index is 1060. The van der Waals surface area contributed by atoms with E-state index in [9.17, 15) is 13.2 Å². The Kier molecular flexibility index (Phi) is 5.42. The Hall–Kier alpha value is -1.93. The van der Waals surface area contributed by atoms with E-state index < -0.39 is 10.0 Å². The monoisotopic (exact) mass is 433 g/mol. The molecule has 1 fully saturated rings. The zero-order chi connectivity index (χ0) is 20.8. The molecule has 0 unspecified atom stereocenters. The Labute approximate surface area is 176 Å². The van der Waals surface area contributed by atoms with Crippen LogP contribution in [0.25, 0.3) is 0 Å². The second-order valence-electron chi connectivity index (χ2n) is 7.85. The first kappa shape index (κ1) is 20.3. The molecule has 0 radical (unpaired) electrons. The second-order valence-corrected chi connectivity index (χ2v) is 9.79. The van der Waals surface area contributed by atoms with Gasteiger partial charge >= 0.3 is 0 Å². The number of piperidine rings is 1. The van der Waals surface area contributed by atoms with Gasteiger partial charge in [-0.2, -0.15) is 0 Å². The van der Waals surface area contributed by atoms with Crippen molar-refractivity contribution in [1.82, 2.24) is 9.80 Å². The highest BCUT2D eigenvalue weighted by molar-refractivity contribution is 7.89. The lowest BCUT2D eigenvalue weighted by Gasteiger charge is -2.36. The molecule has 154 valence electrons. The van der Waals surface area contributed by atoms with Crippen LogP contribution in [-0.2, 0) is 23.1 Å². The Morgan fingerprint density at radius 1 is 1.17 bits per heavy atom. The maximum absolute atomic E-state index is 12.9. The number of carbonyl (C=O) groups excluding carboxylic acids is 1. The molecule has 0 saturated carbocycles. The highest BCUT2D eigenvalue weighted by atomic mass is 35.5. The van der Waals surface area contributed by atoms with Crippen LogP contribution in [0.1, 0.15) is 39.9 Å². The first-order valence-corrected chi connectivity index (χ1v) is 11.6. The molecule has 8 heteroatoms. The lowest BCUT2D eigenvalue weighted by atomic mass is 10.0. The van der Waals surface area contributed by atoms with Gasteiger partial charge in [0.1, 0.15) is 4.90 Å². The van der Waals surface area contributed by atoms with Gasteiger partial charge in [-0.1, -0.05) is 35.9 Å². The molecule has 0 aromatic heterocycles. The van der Waals surface area contributed by atoms with Crippen LogP contribution in [0.2, 0.25) is 5.02 Å². The molecule has 6 nitrogen and oxygen atoms in total. The van der Waals surface area contributed by atoms with E-state index in [-0.39, 0.29) is 21.9 Å². The Morgan fingerprint density at radius 3 is 2.52 bits per heavy atom. The van der Waals surface area contributed by atoms with Crippen molar-refractivity contribution in [3.05, 3.63) is 63.7 Å². The summed E-state index contributed by atoms with van der Waals surface area (Å²) in [6, 6.07) is 11.4. The first-order chi connectivity index (χ1) is 13.7. The third-order valence-electron chi connectivity index (χ3n) is 5.95. The largest absolute Gasteiger partial charge is 0.331 e. The number of benzene rings is 2. The van der Waals surface area contributed by atoms with Gasteiger partial charge in [0, 0.05) is 37.8 Å². The van der Waals surface area contributed by atoms with Crippen LogP contribution < -0.4 is 5.14 Å². The maximum atomic E-state index is 12.9. The van der Waals surface area contributed by atoms with Gasteiger partial charge < -0.3 is 4.90 Å². The summed E-state index contributed by atoms with van der Waals surface area (Å²) in [6.45, 7) is 5.34. The molecular weight excluding hydrogens is 410 g/mol. The fourth-order valence-electron chi connectivity index (χ4n) is 4.26. The standard InChI is InChI=1S/C21H24ClN3O3S/c1-14-4-2-3-5-15(14)12-24-8-6-17(7-9-24)25-13-16-10-19(22)20(29(23,27)28)11-18(16)21(25)26/h2-5,10-11,17H,6-9,12-13H2,1H3,(H2,23,27,28). The molecule has 2 aromatic rings. The van der Waals surface area contributed by atoms with Crippen LogP contribution in [-0.4, -0.2) is 43.3 Å². The van der Waals surface area contributed by atoms with E-state index in [1.165, 1.54) is 17.2 Å². The van der Waals surface area contributed by atoms with E-state index in [2.05, 4.69) is 36.1 Å². The number of nitrogens with two attached hydrogens (primary N) is 1. The number of rotatable bonds is 4. The van der Waals surface area contributed by atoms with Crippen LogP contribution in [0.3, 0.4) is 0 Å². The van der Waals surface area contributed by atoms with Gasteiger partial charge in [0.05, 0.1) is 5.02 Å². The van der Waals surface area contributed by atoms with Crippen LogP contribution in [0.5, 0.6) is 0 Å². The number of hydrogen-bond donors (Lipinski definition) is 1. The molecule has 4 rings (SSSR count). The molecule has 0 atom stereocenters. The smallest absolute Gasteiger partial charge is 0.254 e. The minimum atomic E-state index is -3.97. The Balaban J connectivity index is 1.44. The summed E-state index contributed by atoms with van der Waals surface area (Å²) >= 11 is 6.09. The molecule has 2 aliphatic heterocycles. The average molecular weight is 434 g/mol. The van der Waals surface area contributed by atoms with Crippen LogP contribution >= 0.6 is 11.6 Å². The van der Waals surface area contributed by atoms with Crippen molar-refractivity contribution in [2.45, 2.75) is 43.8 Å². The lowest BCUT2D eigenvalue weighted by Crippen LogP contribution is -2.44. The van der Waals surface area contributed by atoms with Crippen molar-refractivity contribution in [2.24, 2.45) is 5.14 Å². The normalized spacial score (nSPS) is 18.3. The first-order valence-electron chi connectivity index (χ1n) is 9.67. The van der Waals surface area contributed by atoms with Crippen molar-refractivity contribution >= 4 is 27.5 Å². The van der Waals surface area contributed by atoms with Crippen molar-refractivity contribution in [3.63, 3.8) is 0 Å². The molecule has 0 aliphatic carbocycles. The van der Waals surface area contributed by atoms with Gasteiger partial charge in [-0.3, -0.25) is 9.69 Å². The summed E-state index contributed by atoms with van der Waals surface area (Å²) in [5, 5.41) is 5.28. The topological polar surface area (TPSA) is 83.7 Å². The van der Waals surface area contributed by atoms with Crippen molar-refractivity contribution in [2.75, 3.05) is 13.1 Å². The fraction of sp³-hybridized carbons (Fsp3) is 0.381. The summed E-state index contributed by atoms with van der Waals surface area (Å²) in [6.07, 6.45) is 1.78. The number of aryl methyl sites for hydroxylation is 1.